The van der Waals surface area contributed by atoms with Crippen molar-refractivity contribution in [2.75, 3.05) is 13.7 Å². The van der Waals surface area contributed by atoms with Gasteiger partial charge in [0, 0.05) is 19.6 Å². The number of amides is 1. The van der Waals surface area contributed by atoms with Gasteiger partial charge in [-0.2, -0.15) is 0 Å². The number of carboxylic acid groups (broad SMARTS) is 1. The van der Waals surface area contributed by atoms with Gasteiger partial charge < -0.3 is 19.8 Å². The SMILES string of the molecule is COCC[C@H]1CC[C@H]2C(=C(C(=O)O)N3C(=O)[C@H]([C@@H](C)O)[C@@H]23)C1. The van der Waals surface area contributed by atoms with Crippen LogP contribution < -0.4 is 0 Å². The van der Waals surface area contributed by atoms with Crippen LogP contribution in [0.5, 0.6) is 0 Å². The number of hydrogen-bond acceptors (Lipinski definition) is 4. The number of nitrogens with zero attached hydrogens (tertiary/aromatic N) is 1. The van der Waals surface area contributed by atoms with Gasteiger partial charge in [0.05, 0.1) is 18.1 Å². The lowest BCUT2D eigenvalue weighted by Gasteiger charge is -2.47. The Labute approximate surface area is 129 Å². The van der Waals surface area contributed by atoms with E-state index in [0.29, 0.717) is 12.5 Å². The van der Waals surface area contributed by atoms with Crippen LogP contribution in [0.25, 0.3) is 0 Å². The molecule has 2 fully saturated rings. The van der Waals surface area contributed by atoms with Gasteiger partial charge in [-0.05, 0) is 44.1 Å². The highest BCUT2D eigenvalue weighted by Crippen LogP contribution is 2.53. The van der Waals surface area contributed by atoms with Crippen molar-refractivity contribution in [1.29, 1.82) is 0 Å². The molecule has 3 aliphatic rings. The molecule has 1 saturated carbocycles. The fourth-order valence-corrected chi connectivity index (χ4v) is 4.44. The molecule has 0 radical (unpaired) electrons. The highest BCUT2D eigenvalue weighted by atomic mass is 16.5. The highest BCUT2D eigenvalue weighted by molar-refractivity contribution is 6.00. The number of fused-ring (bicyclic) bond motifs is 3. The quantitative estimate of drug-likeness (QED) is 0.740. The second-order valence-corrected chi connectivity index (χ2v) is 6.68. The Morgan fingerprint density at radius 1 is 1.45 bits per heavy atom. The van der Waals surface area contributed by atoms with Crippen LogP contribution >= 0.6 is 0 Å². The molecule has 6 heteroatoms. The molecule has 22 heavy (non-hydrogen) atoms. The molecule has 1 aliphatic carbocycles. The number of aliphatic carboxylic acids is 1. The van der Waals surface area contributed by atoms with E-state index in [2.05, 4.69) is 0 Å². The maximum absolute atomic E-state index is 12.2. The molecule has 5 atom stereocenters. The zero-order chi connectivity index (χ0) is 16.0. The third-order valence-electron chi connectivity index (χ3n) is 5.44. The van der Waals surface area contributed by atoms with E-state index in [4.69, 9.17) is 4.74 Å². The van der Waals surface area contributed by atoms with E-state index in [0.717, 1.165) is 31.3 Å². The number of carboxylic acids is 1. The van der Waals surface area contributed by atoms with E-state index in [1.807, 2.05) is 0 Å². The first-order valence-electron chi connectivity index (χ1n) is 7.93. The van der Waals surface area contributed by atoms with E-state index in [1.54, 1.807) is 14.0 Å². The Morgan fingerprint density at radius 3 is 2.77 bits per heavy atom. The fourth-order valence-electron chi connectivity index (χ4n) is 4.44. The van der Waals surface area contributed by atoms with Crippen molar-refractivity contribution in [2.45, 2.75) is 44.8 Å². The zero-order valence-corrected chi connectivity index (χ0v) is 13.0. The van der Waals surface area contributed by atoms with Crippen LogP contribution in [0.1, 0.15) is 32.6 Å². The number of aliphatic hydroxyl groups is 1. The van der Waals surface area contributed by atoms with E-state index in [-0.39, 0.29) is 23.6 Å². The van der Waals surface area contributed by atoms with Crippen LogP contribution in [-0.4, -0.2) is 52.9 Å². The summed E-state index contributed by atoms with van der Waals surface area (Å²) in [7, 11) is 1.67. The standard InChI is InChI=1S/C16H23NO5/c1-8(18)12-13-10-4-3-9(5-6-22-2)7-11(10)14(16(20)21)17(13)15(12)19/h8-10,12-13,18H,3-7H2,1-2H3,(H,20,21)/t8-,9-,10+,12-,13-/m1/s1. The summed E-state index contributed by atoms with van der Waals surface area (Å²) >= 11 is 0. The second kappa shape index (κ2) is 5.66. The van der Waals surface area contributed by atoms with Crippen LogP contribution in [0.15, 0.2) is 11.3 Å². The molecule has 122 valence electrons. The first-order chi connectivity index (χ1) is 10.5. The molecule has 0 aromatic carbocycles. The van der Waals surface area contributed by atoms with E-state index < -0.39 is 18.0 Å². The van der Waals surface area contributed by atoms with Crippen molar-refractivity contribution in [2.24, 2.45) is 17.8 Å². The van der Waals surface area contributed by atoms with E-state index >= 15 is 0 Å². The topological polar surface area (TPSA) is 87.1 Å². The lowest BCUT2D eigenvalue weighted by molar-refractivity contribution is -0.163. The molecule has 0 aromatic heterocycles. The van der Waals surface area contributed by atoms with Gasteiger partial charge in [0.25, 0.3) is 0 Å². The summed E-state index contributed by atoms with van der Waals surface area (Å²) in [6.45, 7) is 2.29. The van der Waals surface area contributed by atoms with Crippen molar-refractivity contribution < 1.29 is 24.5 Å². The van der Waals surface area contributed by atoms with Gasteiger partial charge in [-0.15, -0.1) is 0 Å². The smallest absolute Gasteiger partial charge is 0.352 e. The molecule has 1 saturated heterocycles. The first-order valence-corrected chi connectivity index (χ1v) is 7.93. The van der Waals surface area contributed by atoms with Gasteiger partial charge in [0.1, 0.15) is 5.70 Å². The van der Waals surface area contributed by atoms with Crippen LogP contribution in [0, 0.1) is 17.8 Å². The molecule has 0 bridgehead atoms. The normalized spacial score (nSPS) is 35.0. The number of hydrogen-bond donors (Lipinski definition) is 2. The first kappa shape index (κ1) is 15.5. The summed E-state index contributed by atoms with van der Waals surface area (Å²) in [5.74, 6) is -1.20. The van der Waals surface area contributed by atoms with E-state index in [9.17, 15) is 19.8 Å². The Bertz CT molecular complexity index is 527. The zero-order valence-electron chi connectivity index (χ0n) is 13.0. The molecule has 3 rings (SSSR count). The Hall–Kier alpha value is -1.40. The van der Waals surface area contributed by atoms with Gasteiger partial charge in [0.2, 0.25) is 5.91 Å². The van der Waals surface area contributed by atoms with Crippen LogP contribution in [0.2, 0.25) is 0 Å². The molecule has 2 aliphatic heterocycles. The molecular formula is C16H23NO5. The number of carbonyl (C=O) groups is 2. The lowest BCUT2D eigenvalue weighted by atomic mass is 9.70. The van der Waals surface area contributed by atoms with Crippen molar-refractivity contribution in [1.82, 2.24) is 4.90 Å². The Balaban J connectivity index is 1.87. The second-order valence-electron chi connectivity index (χ2n) is 6.68. The molecule has 2 N–H and O–H groups in total. The number of carbonyl (C=O) groups excluding carboxylic acids is 1. The third kappa shape index (κ3) is 2.16. The summed E-state index contributed by atoms with van der Waals surface area (Å²) < 4.78 is 5.12. The third-order valence-corrected chi connectivity index (χ3v) is 5.44. The van der Waals surface area contributed by atoms with Crippen LogP contribution in [-0.2, 0) is 14.3 Å². The van der Waals surface area contributed by atoms with Crippen molar-refractivity contribution >= 4 is 11.9 Å². The van der Waals surface area contributed by atoms with Gasteiger partial charge in [-0.25, -0.2) is 4.79 Å². The number of ether oxygens (including phenoxy) is 1. The molecule has 1 amide bonds. The molecular weight excluding hydrogens is 286 g/mol. The summed E-state index contributed by atoms with van der Waals surface area (Å²) in [6, 6.07) is -0.156. The number of β-lactam (4-membered cyclic amide) rings is 1. The fraction of sp³-hybridized carbons (Fsp3) is 0.750. The molecule has 2 heterocycles. The highest BCUT2D eigenvalue weighted by Gasteiger charge is 2.61. The van der Waals surface area contributed by atoms with Crippen molar-refractivity contribution in [3.05, 3.63) is 11.3 Å². The molecule has 0 aromatic rings. The van der Waals surface area contributed by atoms with E-state index in [1.165, 1.54) is 4.90 Å². The minimum atomic E-state index is -1.02. The average Bonchev–Trinajstić information content (AvgIpc) is 2.75. The van der Waals surface area contributed by atoms with Gasteiger partial charge >= 0.3 is 5.97 Å². The molecule has 0 unspecified atom stereocenters. The van der Waals surface area contributed by atoms with Crippen LogP contribution in [0.4, 0.5) is 0 Å². The van der Waals surface area contributed by atoms with Crippen molar-refractivity contribution in [3.8, 4) is 0 Å². The molecule has 0 spiro atoms. The number of rotatable bonds is 5. The number of aliphatic hydroxyl groups excluding tert-OH is 1. The molecule has 6 nitrogen and oxygen atoms in total. The van der Waals surface area contributed by atoms with Gasteiger partial charge in [-0.3, -0.25) is 4.79 Å². The summed E-state index contributed by atoms with van der Waals surface area (Å²) in [4.78, 5) is 25.3. The largest absolute Gasteiger partial charge is 0.477 e. The van der Waals surface area contributed by atoms with Gasteiger partial charge in [0.15, 0.2) is 0 Å². The average molecular weight is 309 g/mol. The number of methoxy groups -OCH3 is 1. The predicted octanol–water partition coefficient (Wildman–Crippen LogP) is 0.999. The van der Waals surface area contributed by atoms with Crippen molar-refractivity contribution in [3.63, 3.8) is 0 Å². The van der Waals surface area contributed by atoms with Gasteiger partial charge in [-0.1, -0.05) is 0 Å². The lowest BCUT2D eigenvalue weighted by Crippen LogP contribution is -2.64. The summed E-state index contributed by atoms with van der Waals surface area (Å²) in [5, 5.41) is 19.4. The maximum atomic E-state index is 12.2. The summed E-state index contributed by atoms with van der Waals surface area (Å²) in [5.41, 5.74) is 1.08. The Morgan fingerprint density at radius 2 is 2.18 bits per heavy atom. The summed E-state index contributed by atoms with van der Waals surface area (Å²) in [6.07, 6.45) is 2.82. The minimum Gasteiger partial charge on any atom is -0.477 e. The Kier molecular flexibility index (Phi) is 3.99. The monoisotopic (exact) mass is 309 g/mol. The van der Waals surface area contributed by atoms with Crippen LogP contribution in [0.3, 0.4) is 0 Å². The predicted molar refractivity (Wildman–Crippen MR) is 77.8 cm³/mol. The minimum absolute atomic E-state index is 0.0993. The maximum Gasteiger partial charge on any atom is 0.352 e.